The summed E-state index contributed by atoms with van der Waals surface area (Å²) in [5.41, 5.74) is 2.63. The maximum absolute atomic E-state index is 13.0. The molecule has 0 bridgehead atoms. The predicted molar refractivity (Wildman–Crippen MR) is 95.7 cm³/mol. The lowest BCUT2D eigenvalue weighted by Gasteiger charge is -2.33. The molecule has 3 rings (SSSR count). The number of hydrogen-bond acceptors (Lipinski definition) is 2. The minimum absolute atomic E-state index is 0.0103. The number of aliphatic hydroxyl groups is 1. The number of carbonyl (C=O) groups excluding carboxylic acids is 1. The molecular formula is C21H24FNO2. The fourth-order valence-electron chi connectivity index (χ4n) is 3.44. The van der Waals surface area contributed by atoms with Gasteiger partial charge in [-0.15, -0.1) is 0 Å². The van der Waals surface area contributed by atoms with E-state index >= 15 is 0 Å². The molecule has 0 aromatic heterocycles. The van der Waals surface area contributed by atoms with Gasteiger partial charge in [0.25, 0.3) is 5.91 Å². The number of amides is 1. The second-order valence-corrected chi connectivity index (χ2v) is 6.78. The van der Waals surface area contributed by atoms with Crippen LogP contribution in [0.3, 0.4) is 0 Å². The molecule has 4 heteroatoms. The number of nitrogens with zero attached hydrogens (tertiary/aromatic N) is 1. The quantitative estimate of drug-likeness (QED) is 0.898. The van der Waals surface area contributed by atoms with E-state index < -0.39 is 0 Å². The van der Waals surface area contributed by atoms with Crippen molar-refractivity contribution < 1.29 is 14.3 Å². The molecule has 1 amide bonds. The molecule has 0 spiro atoms. The van der Waals surface area contributed by atoms with Crippen LogP contribution in [-0.2, 0) is 13.0 Å². The molecule has 1 heterocycles. The van der Waals surface area contributed by atoms with Gasteiger partial charge < -0.3 is 10.0 Å². The highest BCUT2D eigenvalue weighted by Crippen LogP contribution is 2.23. The van der Waals surface area contributed by atoms with Crippen LogP contribution in [0, 0.1) is 11.7 Å². The first-order valence-electron chi connectivity index (χ1n) is 8.89. The van der Waals surface area contributed by atoms with Gasteiger partial charge in [-0.25, -0.2) is 4.39 Å². The topological polar surface area (TPSA) is 40.5 Å². The van der Waals surface area contributed by atoms with Crippen molar-refractivity contribution >= 4 is 5.91 Å². The first kappa shape index (κ1) is 17.6. The van der Waals surface area contributed by atoms with E-state index in [0.29, 0.717) is 11.5 Å². The number of carbonyl (C=O) groups is 1. The Balaban J connectivity index is 1.56. The molecule has 2 aromatic rings. The van der Waals surface area contributed by atoms with Crippen molar-refractivity contribution in [2.75, 3.05) is 13.1 Å². The zero-order valence-electron chi connectivity index (χ0n) is 14.3. The number of likely N-dealkylation sites (tertiary alicyclic amines) is 1. The first-order valence-corrected chi connectivity index (χ1v) is 8.89. The number of rotatable bonds is 5. The van der Waals surface area contributed by atoms with Gasteiger partial charge >= 0.3 is 0 Å². The zero-order valence-corrected chi connectivity index (χ0v) is 14.3. The highest BCUT2D eigenvalue weighted by atomic mass is 19.1. The molecule has 1 N–H and O–H groups in total. The van der Waals surface area contributed by atoms with Crippen LogP contribution in [-0.4, -0.2) is 29.0 Å². The molecule has 0 saturated carbocycles. The molecule has 1 saturated heterocycles. The maximum Gasteiger partial charge on any atom is 0.253 e. The smallest absolute Gasteiger partial charge is 0.253 e. The summed E-state index contributed by atoms with van der Waals surface area (Å²) in [7, 11) is 0. The Bertz CT molecular complexity index is 697. The Labute approximate surface area is 148 Å². The molecule has 1 fully saturated rings. The van der Waals surface area contributed by atoms with Crippen LogP contribution in [0.2, 0.25) is 0 Å². The van der Waals surface area contributed by atoms with Crippen molar-refractivity contribution in [2.24, 2.45) is 5.92 Å². The van der Waals surface area contributed by atoms with Gasteiger partial charge in [-0.3, -0.25) is 4.79 Å². The van der Waals surface area contributed by atoms with Crippen LogP contribution < -0.4 is 0 Å². The van der Waals surface area contributed by atoms with E-state index in [-0.39, 0.29) is 18.3 Å². The Kier molecular flexibility index (Phi) is 5.82. The van der Waals surface area contributed by atoms with Crippen LogP contribution in [0.5, 0.6) is 0 Å². The molecule has 25 heavy (non-hydrogen) atoms. The monoisotopic (exact) mass is 341 g/mol. The largest absolute Gasteiger partial charge is 0.392 e. The zero-order chi connectivity index (χ0) is 17.6. The van der Waals surface area contributed by atoms with Gasteiger partial charge in [-0.2, -0.15) is 0 Å². The Hall–Kier alpha value is -2.20. The van der Waals surface area contributed by atoms with Crippen LogP contribution >= 0.6 is 0 Å². The third kappa shape index (κ3) is 4.67. The van der Waals surface area contributed by atoms with Crippen molar-refractivity contribution in [1.82, 2.24) is 4.90 Å². The third-order valence-corrected chi connectivity index (χ3v) is 4.94. The molecular weight excluding hydrogens is 317 g/mol. The molecule has 132 valence electrons. The summed E-state index contributed by atoms with van der Waals surface area (Å²) < 4.78 is 13.0. The first-order chi connectivity index (χ1) is 12.2. The molecule has 1 atom stereocenters. The molecule has 1 aliphatic rings. The van der Waals surface area contributed by atoms with E-state index in [0.717, 1.165) is 49.9 Å². The number of hydrogen-bond donors (Lipinski definition) is 1. The van der Waals surface area contributed by atoms with Crippen molar-refractivity contribution in [3.05, 3.63) is 71.0 Å². The maximum atomic E-state index is 13.0. The SMILES string of the molecule is O=C(c1ccc(CO)cc1)N1CCC[C@@H](CCc2ccc(F)cc2)C1. The fourth-order valence-corrected chi connectivity index (χ4v) is 3.44. The molecule has 3 nitrogen and oxygen atoms in total. The average molecular weight is 341 g/mol. The summed E-state index contributed by atoms with van der Waals surface area (Å²) in [4.78, 5) is 14.6. The molecule has 1 aliphatic heterocycles. The Morgan fingerprint density at radius 1 is 1.08 bits per heavy atom. The summed E-state index contributed by atoms with van der Waals surface area (Å²) in [6, 6.07) is 13.8. The summed E-state index contributed by atoms with van der Waals surface area (Å²) in [5, 5.41) is 9.10. The van der Waals surface area contributed by atoms with E-state index in [4.69, 9.17) is 5.11 Å². The van der Waals surface area contributed by atoms with Crippen LogP contribution in [0.1, 0.15) is 40.7 Å². The van der Waals surface area contributed by atoms with E-state index in [1.165, 1.54) is 12.1 Å². The van der Waals surface area contributed by atoms with Gasteiger partial charge in [-0.1, -0.05) is 24.3 Å². The van der Waals surface area contributed by atoms with E-state index in [9.17, 15) is 9.18 Å². The molecule has 0 aliphatic carbocycles. The van der Waals surface area contributed by atoms with E-state index in [2.05, 4.69) is 0 Å². The summed E-state index contributed by atoms with van der Waals surface area (Å²) in [6.45, 7) is 1.57. The van der Waals surface area contributed by atoms with Crippen molar-refractivity contribution in [3.8, 4) is 0 Å². The fraction of sp³-hybridized carbons (Fsp3) is 0.381. The normalized spacial score (nSPS) is 17.5. The average Bonchev–Trinajstić information content (AvgIpc) is 2.67. The highest BCUT2D eigenvalue weighted by molar-refractivity contribution is 5.94. The van der Waals surface area contributed by atoms with Gasteiger partial charge in [0, 0.05) is 18.7 Å². The van der Waals surface area contributed by atoms with Crippen LogP contribution in [0.25, 0.3) is 0 Å². The Morgan fingerprint density at radius 3 is 2.44 bits per heavy atom. The third-order valence-electron chi connectivity index (χ3n) is 4.94. The molecule has 2 aromatic carbocycles. The highest BCUT2D eigenvalue weighted by Gasteiger charge is 2.24. The van der Waals surface area contributed by atoms with Gasteiger partial charge in [-0.05, 0) is 67.0 Å². The summed E-state index contributed by atoms with van der Waals surface area (Å²) >= 11 is 0. The second kappa shape index (κ2) is 8.26. The number of aryl methyl sites for hydroxylation is 1. The van der Waals surface area contributed by atoms with Crippen molar-refractivity contribution in [1.29, 1.82) is 0 Å². The summed E-state index contributed by atoms with van der Waals surface area (Å²) in [6.07, 6.45) is 4.08. The van der Waals surface area contributed by atoms with Crippen LogP contribution in [0.15, 0.2) is 48.5 Å². The van der Waals surface area contributed by atoms with E-state index in [1.54, 1.807) is 24.3 Å². The molecule has 0 radical (unpaired) electrons. The van der Waals surface area contributed by atoms with Crippen molar-refractivity contribution in [3.63, 3.8) is 0 Å². The number of piperidine rings is 1. The van der Waals surface area contributed by atoms with Gasteiger partial charge in [0.2, 0.25) is 0 Å². The predicted octanol–water partition coefficient (Wildman–Crippen LogP) is 3.80. The minimum Gasteiger partial charge on any atom is -0.392 e. The van der Waals surface area contributed by atoms with Crippen molar-refractivity contribution in [2.45, 2.75) is 32.3 Å². The number of halogens is 1. The summed E-state index contributed by atoms with van der Waals surface area (Å²) in [5.74, 6) is 0.348. The number of aliphatic hydroxyl groups excluding tert-OH is 1. The van der Waals surface area contributed by atoms with Crippen LogP contribution in [0.4, 0.5) is 4.39 Å². The second-order valence-electron chi connectivity index (χ2n) is 6.78. The standard InChI is InChI=1S/C21H24FNO2/c22-20-11-7-16(8-12-20)3-4-17-2-1-13-23(14-17)21(25)19-9-5-18(15-24)6-10-19/h5-12,17,24H,1-4,13-15H2/t17-/m0/s1. The van der Waals surface area contributed by atoms with Gasteiger partial charge in [0.05, 0.1) is 6.61 Å². The lowest BCUT2D eigenvalue weighted by Crippen LogP contribution is -2.40. The van der Waals surface area contributed by atoms with Gasteiger partial charge in [0.1, 0.15) is 5.82 Å². The minimum atomic E-state index is -0.203. The lowest BCUT2D eigenvalue weighted by molar-refractivity contribution is 0.0668. The number of benzene rings is 2. The Morgan fingerprint density at radius 2 is 1.76 bits per heavy atom. The van der Waals surface area contributed by atoms with E-state index in [1.807, 2.05) is 17.0 Å². The lowest BCUT2D eigenvalue weighted by atomic mass is 9.91. The molecule has 0 unspecified atom stereocenters. The van der Waals surface area contributed by atoms with Gasteiger partial charge in [0.15, 0.2) is 0 Å².